The van der Waals surface area contributed by atoms with Gasteiger partial charge in [-0.2, -0.15) is 5.21 Å². The van der Waals surface area contributed by atoms with Crippen LogP contribution in [0.25, 0.3) is 5.01 Å². The third-order valence-corrected chi connectivity index (χ3v) is 5.14. The molecule has 4 heteroatoms. The molecule has 0 aromatic heterocycles. The summed E-state index contributed by atoms with van der Waals surface area (Å²) in [5.74, 6) is 0. The van der Waals surface area contributed by atoms with Gasteiger partial charge >= 0.3 is 6.07 Å². The van der Waals surface area contributed by atoms with Crippen molar-refractivity contribution in [2.45, 2.75) is 50.6 Å². The summed E-state index contributed by atoms with van der Waals surface area (Å²) >= 11 is 0. The molecule has 0 bridgehead atoms. The molecule has 114 valence electrons. The van der Waals surface area contributed by atoms with Crippen LogP contribution in [0.2, 0.25) is 0 Å². The van der Waals surface area contributed by atoms with Crippen LogP contribution in [0.4, 0.5) is 0 Å². The molecular weight excluding hydrogens is 262 g/mol. The number of rotatable bonds is 2. The van der Waals surface area contributed by atoms with Crippen LogP contribution in [0.1, 0.15) is 44.9 Å². The smallest absolute Gasteiger partial charge is 0.282 e. The van der Waals surface area contributed by atoms with Crippen LogP contribution >= 0.6 is 0 Å². The zero-order valence-electron chi connectivity index (χ0n) is 12.8. The summed E-state index contributed by atoms with van der Waals surface area (Å²) in [5.41, 5.74) is 0.934. The molecule has 3 aliphatic rings. The topological polar surface area (TPSA) is 31.1 Å². The van der Waals surface area contributed by atoms with Gasteiger partial charge in [0.2, 0.25) is 5.01 Å². The van der Waals surface area contributed by atoms with Gasteiger partial charge in [0.05, 0.1) is 5.66 Å². The second-order valence-electron chi connectivity index (χ2n) is 6.38. The molecule has 0 amide bonds. The zero-order chi connectivity index (χ0) is 14.5. The van der Waals surface area contributed by atoms with Crippen LogP contribution in [0, 0.1) is 6.07 Å². The standard InChI is InChI=1S/C17H25N3O/c21-18-15-16-7-9-17(10-8-16,19-11-3-1-4-12-19)20-13-5-2-6-14-20/h7-9H,1-6,10-14H2/p+1. The highest BCUT2D eigenvalue weighted by atomic mass is 16.4. The van der Waals surface area contributed by atoms with Crippen molar-refractivity contribution in [1.82, 2.24) is 9.80 Å². The van der Waals surface area contributed by atoms with E-state index in [2.05, 4.69) is 39.1 Å². The lowest BCUT2D eigenvalue weighted by molar-refractivity contribution is -0.0415. The van der Waals surface area contributed by atoms with Crippen LogP contribution < -0.4 is 0 Å². The van der Waals surface area contributed by atoms with Gasteiger partial charge in [-0.25, -0.2) is 0 Å². The number of allylic oxidation sites excluding steroid dienone is 2. The number of hydrogen-bond acceptors (Lipinski definition) is 3. The van der Waals surface area contributed by atoms with Crippen molar-refractivity contribution in [2.75, 3.05) is 26.2 Å². The first kappa shape index (κ1) is 14.6. The highest BCUT2D eigenvalue weighted by molar-refractivity contribution is 5.40. The summed E-state index contributed by atoms with van der Waals surface area (Å²) < 4.78 is 0. The van der Waals surface area contributed by atoms with Crippen molar-refractivity contribution in [2.24, 2.45) is 0 Å². The molecule has 3 rings (SSSR count). The van der Waals surface area contributed by atoms with Gasteiger partial charge in [-0.1, -0.05) is 18.9 Å². The van der Waals surface area contributed by atoms with Crippen molar-refractivity contribution in [3.8, 4) is 6.07 Å². The predicted molar refractivity (Wildman–Crippen MR) is 84.5 cm³/mol. The summed E-state index contributed by atoms with van der Waals surface area (Å²) in [4.78, 5) is 5.34. The molecular formula is C17H26N3O+. The van der Waals surface area contributed by atoms with E-state index in [-0.39, 0.29) is 5.66 Å². The van der Waals surface area contributed by atoms with E-state index in [1.54, 1.807) is 0 Å². The van der Waals surface area contributed by atoms with Crippen molar-refractivity contribution < 1.29 is 5.21 Å². The molecule has 4 nitrogen and oxygen atoms in total. The third kappa shape index (κ3) is 3.00. The molecule has 2 fully saturated rings. The summed E-state index contributed by atoms with van der Waals surface area (Å²) in [6.07, 6.45) is 15.5. The van der Waals surface area contributed by atoms with Crippen LogP contribution in [-0.2, 0) is 0 Å². The fourth-order valence-electron chi connectivity index (χ4n) is 3.99. The molecule has 0 unspecified atom stereocenters. The predicted octanol–water partition coefficient (Wildman–Crippen LogP) is 3.26. The average molecular weight is 288 g/mol. The molecule has 0 aromatic carbocycles. The molecule has 0 radical (unpaired) electrons. The van der Waals surface area contributed by atoms with E-state index in [1.807, 2.05) is 0 Å². The Morgan fingerprint density at radius 2 is 1.52 bits per heavy atom. The summed E-state index contributed by atoms with van der Waals surface area (Å²) in [6, 6.07) is 2.65. The minimum Gasteiger partial charge on any atom is -0.282 e. The molecule has 0 atom stereocenters. The lowest BCUT2D eigenvalue weighted by atomic mass is 9.90. The molecule has 2 saturated heterocycles. The van der Waals surface area contributed by atoms with Gasteiger partial charge in [0.25, 0.3) is 0 Å². The lowest BCUT2D eigenvalue weighted by Crippen LogP contribution is -2.62. The molecule has 1 aliphatic carbocycles. The quantitative estimate of drug-likeness (QED) is 0.791. The van der Waals surface area contributed by atoms with Gasteiger partial charge in [-0.3, -0.25) is 9.80 Å². The van der Waals surface area contributed by atoms with E-state index in [0.717, 1.165) is 12.0 Å². The molecule has 0 saturated carbocycles. The second kappa shape index (κ2) is 6.64. The summed E-state index contributed by atoms with van der Waals surface area (Å²) in [7, 11) is 0. The van der Waals surface area contributed by atoms with Gasteiger partial charge in [0.1, 0.15) is 5.57 Å². The Hall–Kier alpha value is -1.31. The number of piperidine rings is 2. The van der Waals surface area contributed by atoms with Crippen molar-refractivity contribution in [1.29, 1.82) is 0 Å². The third-order valence-electron chi connectivity index (χ3n) is 5.14. The fraction of sp³-hybridized carbons (Fsp3) is 0.706. The lowest BCUT2D eigenvalue weighted by Gasteiger charge is -2.52. The number of likely N-dealkylation sites (tertiary alicyclic amines) is 2. The van der Waals surface area contributed by atoms with Crippen LogP contribution in [0.3, 0.4) is 0 Å². The normalized spacial score (nSPS) is 26.8. The highest BCUT2D eigenvalue weighted by Crippen LogP contribution is 2.35. The maximum atomic E-state index is 8.66. The second-order valence-corrected chi connectivity index (χ2v) is 6.38. The van der Waals surface area contributed by atoms with Crippen LogP contribution in [-0.4, -0.2) is 46.8 Å². The Labute approximate surface area is 127 Å². The first-order chi connectivity index (χ1) is 10.3. The van der Waals surface area contributed by atoms with E-state index in [0.29, 0.717) is 0 Å². The summed E-state index contributed by atoms with van der Waals surface area (Å²) in [6.45, 7) is 4.78. The summed E-state index contributed by atoms with van der Waals surface area (Å²) in [5, 5.41) is 11.7. The molecule has 2 aliphatic heterocycles. The van der Waals surface area contributed by atoms with Gasteiger partial charge in [-0.15, -0.1) is 0 Å². The molecule has 2 heterocycles. The SMILES string of the molecule is O[N+]#CC1=CCC(N2CCCCC2)(N2CCCCC2)C=C1. The Morgan fingerprint density at radius 1 is 0.952 bits per heavy atom. The first-order valence-electron chi connectivity index (χ1n) is 8.35. The van der Waals surface area contributed by atoms with E-state index < -0.39 is 0 Å². The molecule has 21 heavy (non-hydrogen) atoms. The van der Waals surface area contributed by atoms with Crippen molar-refractivity contribution >= 4 is 0 Å². The largest absolute Gasteiger partial charge is 0.387 e. The van der Waals surface area contributed by atoms with E-state index in [9.17, 15) is 0 Å². The van der Waals surface area contributed by atoms with Crippen molar-refractivity contribution in [3.05, 3.63) is 28.8 Å². The Morgan fingerprint density at radius 3 is 1.95 bits per heavy atom. The van der Waals surface area contributed by atoms with Crippen LogP contribution in [0.15, 0.2) is 23.8 Å². The van der Waals surface area contributed by atoms with E-state index >= 15 is 0 Å². The monoisotopic (exact) mass is 288 g/mol. The first-order valence-corrected chi connectivity index (χ1v) is 8.35. The van der Waals surface area contributed by atoms with E-state index in [4.69, 9.17) is 5.21 Å². The highest BCUT2D eigenvalue weighted by Gasteiger charge is 2.41. The minimum atomic E-state index is 0.0431. The van der Waals surface area contributed by atoms with Gasteiger partial charge in [0, 0.05) is 32.6 Å². The number of nitrogens with zero attached hydrogens (tertiary/aromatic N) is 3. The average Bonchev–Trinajstić information content (AvgIpc) is 2.58. The zero-order valence-corrected chi connectivity index (χ0v) is 12.8. The molecule has 1 N–H and O–H groups in total. The maximum Gasteiger partial charge on any atom is 0.387 e. The van der Waals surface area contributed by atoms with Crippen LogP contribution in [0.5, 0.6) is 0 Å². The maximum absolute atomic E-state index is 8.66. The van der Waals surface area contributed by atoms with E-state index in [1.165, 1.54) is 64.7 Å². The van der Waals surface area contributed by atoms with Gasteiger partial charge in [0.15, 0.2) is 0 Å². The number of hydrogen-bond donors (Lipinski definition) is 1. The minimum absolute atomic E-state index is 0.0431. The Bertz CT molecular complexity index is 456. The fourth-order valence-corrected chi connectivity index (χ4v) is 3.99. The Balaban J connectivity index is 1.84. The molecule has 0 aromatic rings. The van der Waals surface area contributed by atoms with Gasteiger partial charge < -0.3 is 0 Å². The molecule has 0 spiro atoms. The van der Waals surface area contributed by atoms with Gasteiger partial charge in [-0.05, 0) is 37.8 Å². The Kier molecular flexibility index (Phi) is 4.62. The van der Waals surface area contributed by atoms with Crippen molar-refractivity contribution in [3.63, 3.8) is 0 Å².